The third kappa shape index (κ3) is 2.13. The Balaban J connectivity index is 2.59. The van der Waals surface area contributed by atoms with Gasteiger partial charge in [0.05, 0.1) is 12.2 Å². The Morgan fingerprint density at radius 1 is 1.83 bits per heavy atom. The molecule has 0 atom stereocenters. The van der Waals surface area contributed by atoms with Gasteiger partial charge in [-0.1, -0.05) is 0 Å². The van der Waals surface area contributed by atoms with Crippen LogP contribution in [0.25, 0.3) is 0 Å². The Hall–Kier alpha value is -1.76. The highest BCUT2D eigenvalue weighted by molar-refractivity contribution is 5.76. The van der Waals surface area contributed by atoms with Crippen LogP contribution in [0.4, 0.5) is 0 Å². The van der Waals surface area contributed by atoms with E-state index in [-0.39, 0.29) is 18.2 Å². The van der Waals surface area contributed by atoms with Gasteiger partial charge < -0.3 is 15.7 Å². The van der Waals surface area contributed by atoms with Gasteiger partial charge in [-0.3, -0.25) is 5.21 Å². The van der Waals surface area contributed by atoms with Crippen molar-refractivity contribution in [1.29, 1.82) is 0 Å². The number of hydroxylamine groups is 1. The molecule has 6 N–H and O–H groups in total. The summed E-state index contributed by atoms with van der Waals surface area (Å²) in [6.07, 6.45) is 1.48. The van der Waals surface area contributed by atoms with Gasteiger partial charge in [0.15, 0.2) is 0 Å². The predicted octanol–water partition coefficient (Wildman–Crippen LogP) is -1.50. The molecule has 0 radical (unpaired) electrons. The lowest BCUT2D eigenvalue weighted by Gasteiger charge is -1.94. The maximum absolute atomic E-state index is 10.5. The highest BCUT2D eigenvalue weighted by Crippen LogP contribution is 1.89. The average molecular weight is 171 g/mol. The molecule has 1 heterocycles. The molecule has 12 heavy (non-hydrogen) atoms. The molecule has 7 heteroatoms. The number of hydrogen-bond acceptors (Lipinski definition) is 3. The molecule has 7 nitrogen and oxygen atoms in total. The number of nitrogens with two attached hydrogens (primary N) is 1. The van der Waals surface area contributed by atoms with Crippen molar-refractivity contribution < 1.29 is 5.21 Å². The molecule has 0 aliphatic rings. The smallest absolute Gasteiger partial charge is 0.323 e. The minimum atomic E-state index is -0.296. The topological polar surface area (TPSA) is 119 Å². The molecule has 1 aromatic rings. The molecule has 0 saturated heterocycles. The first-order chi connectivity index (χ1) is 5.72. The van der Waals surface area contributed by atoms with E-state index in [0.29, 0.717) is 5.69 Å². The molecular formula is C5H9N5O2. The van der Waals surface area contributed by atoms with E-state index in [2.05, 4.69) is 15.0 Å². The summed E-state index contributed by atoms with van der Waals surface area (Å²) in [5.41, 5.74) is 7.08. The van der Waals surface area contributed by atoms with Gasteiger partial charge in [-0.2, -0.15) is 0 Å². The number of aliphatic imine (C=N–C) groups is 1. The number of H-pyrrole nitrogens is 2. The molecule has 0 unspecified atom stereocenters. The highest BCUT2D eigenvalue weighted by atomic mass is 16.5. The molecule has 0 fully saturated rings. The van der Waals surface area contributed by atoms with Gasteiger partial charge in [-0.15, -0.1) is 0 Å². The fraction of sp³-hybridized carbons (Fsp3) is 0.200. The molecule has 0 spiro atoms. The molecule has 0 aliphatic carbocycles. The summed E-state index contributed by atoms with van der Waals surface area (Å²) in [4.78, 5) is 19.1. The largest absolute Gasteiger partial charge is 0.368 e. The number of hydrogen-bond donors (Lipinski definition) is 5. The van der Waals surface area contributed by atoms with Crippen molar-refractivity contribution in [3.8, 4) is 0 Å². The van der Waals surface area contributed by atoms with Crippen LogP contribution in [0.2, 0.25) is 0 Å². The van der Waals surface area contributed by atoms with Crippen LogP contribution in [0.15, 0.2) is 16.0 Å². The van der Waals surface area contributed by atoms with Crippen LogP contribution >= 0.6 is 0 Å². The van der Waals surface area contributed by atoms with Gasteiger partial charge in [0.25, 0.3) is 0 Å². The second kappa shape index (κ2) is 3.58. The molecule has 0 bridgehead atoms. The molecule has 1 aromatic heterocycles. The minimum absolute atomic E-state index is 0.1000. The second-order valence-electron chi connectivity index (χ2n) is 2.08. The summed E-state index contributed by atoms with van der Waals surface area (Å²) >= 11 is 0. The summed E-state index contributed by atoms with van der Waals surface area (Å²) in [7, 11) is 0. The summed E-state index contributed by atoms with van der Waals surface area (Å²) in [5, 5.41) is 8.23. The third-order valence-corrected chi connectivity index (χ3v) is 1.19. The Morgan fingerprint density at radius 3 is 3.08 bits per heavy atom. The van der Waals surface area contributed by atoms with Crippen LogP contribution in [0.3, 0.4) is 0 Å². The fourth-order valence-corrected chi connectivity index (χ4v) is 0.662. The van der Waals surface area contributed by atoms with Crippen molar-refractivity contribution in [1.82, 2.24) is 15.4 Å². The summed E-state index contributed by atoms with van der Waals surface area (Å²) in [6.45, 7) is 0.206. The van der Waals surface area contributed by atoms with E-state index in [1.54, 1.807) is 5.48 Å². The highest BCUT2D eigenvalue weighted by Gasteiger charge is 1.93. The first-order valence-corrected chi connectivity index (χ1v) is 3.19. The van der Waals surface area contributed by atoms with Gasteiger partial charge in [-0.05, 0) is 0 Å². The monoisotopic (exact) mass is 171 g/mol. The van der Waals surface area contributed by atoms with E-state index >= 15 is 0 Å². The van der Waals surface area contributed by atoms with Crippen molar-refractivity contribution in [2.45, 2.75) is 6.54 Å². The Kier molecular flexibility index (Phi) is 2.49. The Morgan fingerprint density at radius 2 is 2.58 bits per heavy atom. The lowest BCUT2D eigenvalue weighted by Crippen LogP contribution is -2.28. The normalized spacial score (nSPS) is 11.6. The minimum Gasteiger partial charge on any atom is -0.368 e. The quantitative estimate of drug-likeness (QED) is 0.211. The molecular weight excluding hydrogens is 162 g/mol. The van der Waals surface area contributed by atoms with Crippen LogP contribution in [0, 0.1) is 0 Å². The van der Waals surface area contributed by atoms with Crippen LogP contribution in [-0.2, 0) is 6.54 Å². The van der Waals surface area contributed by atoms with Crippen LogP contribution in [0.1, 0.15) is 5.69 Å². The van der Waals surface area contributed by atoms with E-state index in [0.717, 1.165) is 0 Å². The lowest BCUT2D eigenvalue weighted by molar-refractivity contribution is 0.232. The van der Waals surface area contributed by atoms with E-state index in [1.165, 1.54) is 6.20 Å². The van der Waals surface area contributed by atoms with Gasteiger partial charge in [0, 0.05) is 6.20 Å². The number of imidazole rings is 1. The zero-order valence-electron chi connectivity index (χ0n) is 6.16. The Labute approximate surface area is 67.3 Å². The zero-order valence-corrected chi connectivity index (χ0v) is 6.16. The van der Waals surface area contributed by atoms with Gasteiger partial charge in [0.1, 0.15) is 0 Å². The maximum Gasteiger partial charge on any atom is 0.323 e. The van der Waals surface area contributed by atoms with Crippen LogP contribution in [0.5, 0.6) is 0 Å². The number of guanidine groups is 1. The SMILES string of the molecule is NC(=NCc1c[nH]c(=O)[nH]1)NO. The second-order valence-corrected chi connectivity index (χ2v) is 2.08. The number of nitrogens with one attached hydrogen (secondary N) is 3. The lowest BCUT2D eigenvalue weighted by atomic mass is 10.5. The molecule has 0 amide bonds. The summed E-state index contributed by atoms with van der Waals surface area (Å²) in [5.74, 6) is -0.1000. The standard InChI is InChI=1S/C5H9N5O2/c6-4(10-12)7-1-3-2-8-5(11)9-3/h2,12H,1H2,(H3,6,7,10)(H2,8,9,11). The van der Waals surface area contributed by atoms with Crippen molar-refractivity contribution in [2.75, 3.05) is 0 Å². The van der Waals surface area contributed by atoms with E-state index in [4.69, 9.17) is 10.9 Å². The summed E-state index contributed by atoms with van der Waals surface area (Å²) < 4.78 is 0. The van der Waals surface area contributed by atoms with E-state index in [1.807, 2.05) is 0 Å². The van der Waals surface area contributed by atoms with Gasteiger partial charge in [0.2, 0.25) is 5.96 Å². The molecule has 0 aliphatic heterocycles. The van der Waals surface area contributed by atoms with Gasteiger partial charge >= 0.3 is 5.69 Å². The number of rotatable bonds is 2. The molecule has 1 rings (SSSR count). The maximum atomic E-state index is 10.5. The first kappa shape index (κ1) is 8.34. The molecule has 0 aromatic carbocycles. The van der Waals surface area contributed by atoms with E-state index < -0.39 is 0 Å². The van der Waals surface area contributed by atoms with Crippen molar-refractivity contribution in [3.63, 3.8) is 0 Å². The number of aromatic nitrogens is 2. The van der Waals surface area contributed by atoms with Gasteiger partial charge in [-0.25, -0.2) is 15.3 Å². The Bertz CT molecular complexity index is 325. The van der Waals surface area contributed by atoms with Crippen LogP contribution in [-0.4, -0.2) is 21.1 Å². The van der Waals surface area contributed by atoms with Crippen molar-refractivity contribution in [3.05, 3.63) is 22.4 Å². The summed E-state index contributed by atoms with van der Waals surface area (Å²) in [6, 6.07) is 0. The molecule has 0 saturated carbocycles. The average Bonchev–Trinajstić information content (AvgIpc) is 2.47. The van der Waals surface area contributed by atoms with Crippen molar-refractivity contribution >= 4 is 5.96 Å². The predicted molar refractivity (Wildman–Crippen MR) is 41.7 cm³/mol. The van der Waals surface area contributed by atoms with Crippen LogP contribution < -0.4 is 16.9 Å². The number of aromatic amines is 2. The molecule has 66 valence electrons. The first-order valence-electron chi connectivity index (χ1n) is 3.19. The van der Waals surface area contributed by atoms with E-state index in [9.17, 15) is 4.79 Å². The van der Waals surface area contributed by atoms with Crippen molar-refractivity contribution in [2.24, 2.45) is 10.7 Å². The number of nitrogens with zero attached hydrogens (tertiary/aromatic N) is 1. The third-order valence-electron chi connectivity index (χ3n) is 1.19. The fourth-order valence-electron chi connectivity index (χ4n) is 0.662. The zero-order chi connectivity index (χ0) is 8.97.